The van der Waals surface area contributed by atoms with E-state index in [2.05, 4.69) is 32.9 Å². The van der Waals surface area contributed by atoms with Crippen LogP contribution in [0.2, 0.25) is 0 Å². The van der Waals surface area contributed by atoms with E-state index in [1.165, 1.54) is 37.7 Å². The van der Waals surface area contributed by atoms with E-state index in [-0.39, 0.29) is 5.41 Å². The maximum absolute atomic E-state index is 11.3. The Hall–Kier alpha value is -1.22. The quantitative estimate of drug-likeness (QED) is 0.539. The Bertz CT molecular complexity index is 546. The summed E-state index contributed by atoms with van der Waals surface area (Å²) < 4.78 is 11.5. The van der Waals surface area contributed by atoms with Crippen molar-refractivity contribution in [3.05, 3.63) is 23.3 Å². The highest BCUT2D eigenvalue weighted by molar-refractivity contribution is 5.53. The minimum atomic E-state index is -0.835. The van der Waals surface area contributed by atoms with Gasteiger partial charge in [0.1, 0.15) is 11.5 Å². The summed E-state index contributed by atoms with van der Waals surface area (Å²) in [6.45, 7) is 6.83. The summed E-state index contributed by atoms with van der Waals surface area (Å²) >= 11 is 0. The van der Waals surface area contributed by atoms with Crippen LogP contribution in [0.1, 0.15) is 96.1 Å². The van der Waals surface area contributed by atoms with Crippen molar-refractivity contribution in [1.82, 2.24) is 0 Å². The highest BCUT2D eigenvalue weighted by atomic mass is 16.5. The SMILES string of the molecule is CCCCCCC(C)(C)c1cc(OC)c(C2(O)CCCCC2)c(OC)c1. The molecule has 3 nitrogen and oxygen atoms in total. The Morgan fingerprint density at radius 3 is 2.04 bits per heavy atom. The van der Waals surface area contributed by atoms with Crippen LogP contribution in [0.3, 0.4) is 0 Å². The summed E-state index contributed by atoms with van der Waals surface area (Å²) in [5, 5.41) is 11.3. The summed E-state index contributed by atoms with van der Waals surface area (Å²) in [4.78, 5) is 0. The van der Waals surface area contributed by atoms with Crippen LogP contribution in [0.25, 0.3) is 0 Å². The van der Waals surface area contributed by atoms with Gasteiger partial charge in [0.25, 0.3) is 0 Å². The average molecular weight is 363 g/mol. The minimum absolute atomic E-state index is 0.0576. The molecular weight excluding hydrogens is 324 g/mol. The highest BCUT2D eigenvalue weighted by Crippen LogP contribution is 2.48. The molecule has 1 aromatic rings. The molecule has 2 rings (SSSR count). The second-order valence-corrected chi connectivity index (χ2v) is 8.54. The summed E-state index contributed by atoms with van der Waals surface area (Å²) in [6.07, 6.45) is 11.1. The van der Waals surface area contributed by atoms with Gasteiger partial charge in [0.2, 0.25) is 0 Å². The number of rotatable bonds is 9. The molecule has 1 aliphatic carbocycles. The lowest BCUT2D eigenvalue weighted by molar-refractivity contribution is -0.00462. The third-order valence-corrected chi connectivity index (χ3v) is 6.09. The van der Waals surface area contributed by atoms with Gasteiger partial charge in [-0.15, -0.1) is 0 Å². The van der Waals surface area contributed by atoms with Crippen molar-refractivity contribution in [3.8, 4) is 11.5 Å². The molecule has 0 unspecified atom stereocenters. The fourth-order valence-corrected chi connectivity index (χ4v) is 4.29. The summed E-state index contributed by atoms with van der Waals surface area (Å²) in [5.41, 5.74) is 1.29. The summed E-state index contributed by atoms with van der Waals surface area (Å²) in [7, 11) is 3.39. The normalized spacial score (nSPS) is 17.2. The summed E-state index contributed by atoms with van der Waals surface area (Å²) in [5.74, 6) is 1.54. The highest BCUT2D eigenvalue weighted by Gasteiger charge is 2.38. The molecule has 1 aliphatic rings. The number of unbranched alkanes of at least 4 members (excludes halogenated alkanes) is 3. The smallest absolute Gasteiger partial charge is 0.128 e. The van der Waals surface area contributed by atoms with Gasteiger partial charge >= 0.3 is 0 Å². The van der Waals surface area contributed by atoms with Crippen molar-refractivity contribution < 1.29 is 14.6 Å². The molecule has 1 fully saturated rings. The molecule has 0 spiro atoms. The molecule has 0 amide bonds. The molecule has 3 heteroatoms. The second kappa shape index (κ2) is 9.12. The third-order valence-electron chi connectivity index (χ3n) is 6.09. The van der Waals surface area contributed by atoms with Crippen LogP contribution in [0.15, 0.2) is 12.1 Å². The van der Waals surface area contributed by atoms with Gasteiger partial charge in [-0.2, -0.15) is 0 Å². The fourth-order valence-electron chi connectivity index (χ4n) is 4.29. The van der Waals surface area contributed by atoms with E-state index in [1.54, 1.807) is 14.2 Å². The minimum Gasteiger partial charge on any atom is -0.496 e. The van der Waals surface area contributed by atoms with Crippen LogP contribution in [0.5, 0.6) is 11.5 Å². The first-order valence-electron chi connectivity index (χ1n) is 10.4. The molecule has 0 radical (unpaired) electrons. The second-order valence-electron chi connectivity index (χ2n) is 8.54. The van der Waals surface area contributed by atoms with E-state index in [0.29, 0.717) is 0 Å². The Labute approximate surface area is 160 Å². The van der Waals surface area contributed by atoms with Crippen LogP contribution in [-0.4, -0.2) is 19.3 Å². The number of methoxy groups -OCH3 is 2. The summed E-state index contributed by atoms with van der Waals surface area (Å²) in [6, 6.07) is 4.26. The average Bonchev–Trinajstić information content (AvgIpc) is 2.64. The lowest BCUT2D eigenvalue weighted by atomic mass is 9.75. The standard InChI is InChI=1S/C23H38O3/c1-6-7-8-10-13-22(2,3)18-16-19(25-4)21(20(17-18)26-5)23(24)14-11-9-12-15-23/h16-17,24H,6-15H2,1-5H3. The fraction of sp³-hybridized carbons (Fsp3) is 0.739. The zero-order chi connectivity index (χ0) is 19.2. The van der Waals surface area contributed by atoms with E-state index in [4.69, 9.17) is 9.47 Å². The van der Waals surface area contributed by atoms with Gasteiger partial charge in [-0.3, -0.25) is 0 Å². The van der Waals surface area contributed by atoms with E-state index in [1.807, 2.05) is 0 Å². The molecule has 1 aromatic carbocycles. The molecule has 0 aliphatic heterocycles. The van der Waals surface area contributed by atoms with E-state index < -0.39 is 5.60 Å². The molecule has 0 aromatic heterocycles. The lowest BCUT2D eigenvalue weighted by Crippen LogP contribution is -2.30. The molecule has 0 heterocycles. The van der Waals surface area contributed by atoms with Gasteiger partial charge in [0.05, 0.1) is 25.4 Å². The van der Waals surface area contributed by atoms with Crippen molar-refractivity contribution >= 4 is 0 Å². The van der Waals surface area contributed by atoms with Crippen molar-refractivity contribution in [2.24, 2.45) is 0 Å². The van der Waals surface area contributed by atoms with Gasteiger partial charge in [-0.25, -0.2) is 0 Å². The van der Waals surface area contributed by atoms with E-state index in [0.717, 1.165) is 49.2 Å². The first-order valence-corrected chi connectivity index (χ1v) is 10.4. The van der Waals surface area contributed by atoms with Crippen molar-refractivity contribution in [2.75, 3.05) is 14.2 Å². The molecular formula is C23H38O3. The van der Waals surface area contributed by atoms with Crippen LogP contribution in [0, 0.1) is 0 Å². The van der Waals surface area contributed by atoms with E-state index >= 15 is 0 Å². The largest absolute Gasteiger partial charge is 0.496 e. The Kier molecular flexibility index (Phi) is 7.40. The zero-order valence-corrected chi connectivity index (χ0v) is 17.5. The topological polar surface area (TPSA) is 38.7 Å². The molecule has 0 atom stereocenters. The Morgan fingerprint density at radius 1 is 0.962 bits per heavy atom. The van der Waals surface area contributed by atoms with Crippen LogP contribution >= 0.6 is 0 Å². The molecule has 148 valence electrons. The van der Waals surface area contributed by atoms with Gasteiger partial charge in [0.15, 0.2) is 0 Å². The van der Waals surface area contributed by atoms with Crippen molar-refractivity contribution in [2.45, 2.75) is 96.0 Å². The van der Waals surface area contributed by atoms with Gasteiger partial charge in [-0.05, 0) is 42.4 Å². The number of hydrogen-bond acceptors (Lipinski definition) is 3. The molecule has 0 bridgehead atoms. The van der Waals surface area contributed by atoms with Gasteiger partial charge in [-0.1, -0.05) is 65.7 Å². The first-order chi connectivity index (χ1) is 12.4. The van der Waals surface area contributed by atoms with Crippen LogP contribution in [-0.2, 0) is 11.0 Å². The van der Waals surface area contributed by atoms with Crippen molar-refractivity contribution in [3.63, 3.8) is 0 Å². The van der Waals surface area contributed by atoms with E-state index in [9.17, 15) is 5.11 Å². The zero-order valence-electron chi connectivity index (χ0n) is 17.5. The maximum Gasteiger partial charge on any atom is 0.128 e. The third kappa shape index (κ3) is 4.73. The number of ether oxygens (including phenoxy) is 2. The number of aliphatic hydroxyl groups is 1. The predicted molar refractivity (Wildman–Crippen MR) is 108 cm³/mol. The Balaban J connectivity index is 2.36. The van der Waals surface area contributed by atoms with Crippen LogP contribution in [0.4, 0.5) is 0 Å². The molecule has 0 saturated heterocycles. The maximum atomic E-state index is 11.3. The lowest BCUT2D eigenvalue weighted by Gasteiger charge is -2.36. The Morgan fingerprint density at radius 2 is 1.54 bits per heavy atom. The van der Waals surface area contributed by atoms with Crippen LogP contribution < -0.4 is 9.47 Å². The number of benzene rings is 1. The molecule has 1 saturated carbocycles. The monoisotopic (exact) mass is 362 g/mol. The van der Waals surface area contributed by atoms with Crippen molar-refractivity contribution in [1.29, 1.82) is 0 Å². The van der Waals surface area contributed by atoms with Gasteiger partial charge in [0, 0.05) is 0 Å². The molecule has 26 heavy (non-hydrogen) atoms. The number of hydrogen-bond donors (Lipinski definition) is 1. The molecule has 1 N–H and O–H groups in total. The first kappa shape index (κ1) is 21.1. The van der Waals surface area contributed by atoms with Gasteiger partial charge < -0.3 is 14.6 Å². The predicted octanol–water partition coefficient (Wildman–Crippen LogP) is 6.10.